The van der Waals surface area contributed by atoms with Crippen LogP contribution in [0.5, 0.6) is 11.5 Å². The van der Waals surface area contributed by atoms with Crippen molar-refractivity contribution in [2.24, 2.45) is 0 Å². The molecular weight excluding hydrogens is 369 g/mol. The second kappa shape index (κ2) is 9.06. The molecule has 128 valence electrons. The minimum absolute atomic E-state index is 0.137. The van der Waals surface area contributed by atoms with Crippen molar-refractivity contribution in [3.63, 3.8) is 0 Å². The maximum atomic E-state index is 12.1. The third kappa shape index (κ3) is 5.23. The molecule has 0 radical (unpaired) electrons. The zero-order valence-corrected chi connectivity index (χ0v) is 15.6. The van der Waals surface area contributed by atoms with Gasteiger partial charge in [-0.15, -0.1) is 11.8 Å². The van der Waals surface area contributed by atoms with Crippen LogP contribution >= 0.6 is 35.0 Å². The first-order chi connectivity index (χ1) is 11.5. The van der Waals surface area contributed by atoms with Crippen LogP contribution in [0.15, 0.2) is 36.4 Å². The number of amides is 1. The number of ether oxygens (including phenoxy) is 2. The van der Waals surface area contributed by atoms with Crippen LogP contribution in [0.3, 0.4) is 0 Å². The summed E-state index contributed by atoms with van der Waals surface area (Å²) in [5.74, 6) is 1.85. The summed E-state index contributed by atoms with van der Waals surface area (Å²) in [7, 11) is 3.04. The Balaban J connectivity index is 1.93. The molecule has 0 aliphatic heterocycles. The van der Waals surface area contributed by atoms with Crippen molar-refractivity contribution in [3.05, 3.63) is 52.0 Å². The van der Waals surface area contributed by atoms with E-state index in [2.05, 4.69) is 5.32 Å². The number of nitrogens with one attached hydrogen (secondary N) is 1. The molecular formula is C17H17Cl2NO3S. The number of hydrogen-bond donors (Lipinski definition) is 1. The second-order valence-corrected chi connectivity index (χ2v) is 6.69. The molecule has 1 amide bonds. The van der Waals surface area contributed by atoms with E-state index >= 15 is 0 Å². The van der Waals surface area contributed by atoms with Crippen LogP contribution in [0.4, 0.5) is 5.69 Å². The normalized spacial score (nSPS) is 10.3. The molecule has 0 unspecified atom stereocenters. The van der Waals surface area contributed by atoms with E-state index in [0.717, 1.165) is 5.56 Å². The molecule has 0 aromatic heterocycles. The molecule has 4 nitrogen and oxygen atoms in total. The Hall–Kier alpha value is -1.56. The molecule has 0 aliphatic carbocycles. The zero-order chi connectivity index (χ0) is 17.5. The van der Waals surface area contributed by atoms with Gasteiger partial charge in [0.25, 0.3) is 0 Å². The van der Waals surface area contributed by atoms with Gasteiger partial charge in [0.1, 0.15) is 11.5 Å². The maximum absolute atomic E-state index is 12.1. The van der Waals surface area contributed by atoms with Crippen molar-refractivity contribution >= 4 is 46.6 Å². The summed E-state index contributed by atoms with van der Waals surface area (Å²) < 4.78 is 10.4. The summed E-state index contributed by atoms with van der Waals surface area (Å²) in [5.41, 5.74) is 1.59. The highest BCUT2D eigenvalue weighted by Gasteiger charge is 2.12. The summed E-state index contributed by atoms with van der Waals surface area (Å²) in [6.45, 7) is 0. The van der Waals surface area contributed by atoms with Crippen molar-refractivity contribution in [2.45, 2.75) is 5.75 Å². The third-order valence-corrected chi connectivity index (χ3v) is 4.67. The molecule has 0 heterocycles. The molecule has 0 fully saturated rings. The summed E-state index contributed by atoms with van der Waals surface area (Å²) >= 11 is 13.5. The fourth-order valence-electron chi connectivity index (χ4n) is 2.03. The molecule has 0 spiro atoms. The van der Waals surface area contributed by atoms with Crippen molar-refractivity contribution in [2.75, 3.05) is 25.3 Å². The van der Waals surface area contributed by atoms with Gasteiger partial charge in [-0.3, -0.25) is 4.79 Å². The molecule has 0 atom stereocenters. The first kappa shape index (κ1) is 18.8. The molecule has 2 aromatic carbocycles. The van der Waals surface area contributed by atoms with Crippen molar-refractivity contribution in [1.29, 1.82) is 0 Å². The molecule has 0 saturated carbocycles. The number of thioether (sulfide) groups is 1. The number of rotatable bonds is 7. The topological polar surface area (TPSA) is 47.6 Å². The van der Waals surface area contributed by atoms with Gasteiger partial charge in [-0.05, 0) is 23.8 Å². The van der Waals surface area contributed by atoms with Gasteiger partial charge in [0.15, 0.2) is 0 Å². The fourth-order valence-corrected chi connectivity index (χ4v) is 3.26. The quantitative estimate of drug-likeness (QED) is 0.737. The first-order valence-corrected chi connectivity index (χ1v) is 8.98. The number of benzene rings is 2. The van der Waals surface area contributed by atoms with Gasteiger partial charge < -0.3 is 14.8 Å². The largest absolute Gasteiger partial charge is 0.495 e. The lowest BCUT2D eigenvalue weighted by atomic mass is 10.2. The third-order valence-electron chi connectivity index (χ3n) is 3.14. The van der Waals surface area contributed by atoms with Crippen molar-refractivity contribution in [1.82, 2.24) is 0 Å². The Kier molecular flexibility index (Phi) is 7.09. The monoisotopic (exact) mass is 385 g/mol. The molecule has 1 N–H and O–H groups in total. The Morgan fingerprint density at radius 3 is 2.54 bits per heavy atom. The van der Waals surface area contributed by atoms with Crippen LogP contribution in [0, 0.1) is 0 Å². The minimum Gasteiger partial charge on any atom is -0.495 e. The molecule has 0 aliphatic rings. The highest BCUT2D eigenvalue weighted by molar-refractivity contribution is 7.99. The van der Waals surface area contributed by atoms with Crippen LogP contribution in [-0.2, 0) is 10.5 Å². The van der Waals surface area contributed by atoms with Gasteiger partial charge in [0.2, 0.25) is 5.91 Å². The second-order valence-electron chi connectivity index (χ2n) is 4.86. The summed E-state index contributed by atoms with van der Waals surface area (Å²) in [6.07, 6.45) is 0. The van der Waals surface area contributed by atoms with E-state index < -0.39 is 0 Å². The van der Waals surface area contributed by atoms with E-state index in [1.54, 1.807) is 12.1 Å². The van der Waals surface area contributed by atoms with Gasteiger partial charge in [0, 0.05) is 16.8 Å². The van der Waals surface area contributed by atoms with Gasteiger partial charge in [-0.25, -0.2) is 0 Å². The lowest BCUT2D eigenvalue weighted by Gasteiger charge is -2.13. The first-order valence-electron chi connectivity index (χ1n) is 7.07. The molecule has 0 bridgehead atoms. The zero-order valence-electron chi connectivity index (χ0n) is 13.3. The maximum Gasteiger partial charge on any atom is 0.234 e. The van der Waals surface area contributed by atoms with Crippen LogP contribution in [-0.4, -0.2) is 25.9 Å². The number of anilines is 1. The van der Waals surface area contributed by atoms with Crippen LogP contribution in [0.2, 0.25) is 10.0 Å². The van der Waals surface area contributed by atoms with Gasteiger partial charge >= 0.3 is 0 Å². The number of carbonyl (C=O) groups is 1. The number of hydrogen-bond acceptors (Lipinski definition) is 4. The van der Waals surface area contributed by atoms with E-state index in [1.165, 1.54) is 26.0 Å². The number of halogens is 2. The molecule has 2 rings (SSSR count). The average Bonchev–Trinajstić information content (AvgIpc) is 2.55. The molecule has 24 heavy (non-hydrogen) atoms. The Bertz CT molecular complexity index is 725. The lowest BCUT2D eigenvalue weighted by molar-refractivity contribution is -0.113. The van der Waals surface area contributed by atoms with Crippen LogP contribution in [0.25, 0.3) is 0 Å². The lowest BCUT2D eigenvalue weighted by Crippen LogP contribution is -2.15. The van der Waals surface area contributed by atoms with E-state index in [0.29, 0.717) is 38.7 Å². The predicted octanol–water partition coefficient (Wildman–Crippen LogP) is 4.88. The molecule has 7 heteroatoms. The van der Waals surface area contributed by atoms with Crippen molar-refractivity contribution < 1.29 is 14.3 Å². The predicted molar refractivity (Wildman–Crippen MR) is 101 cm³/mol. The van der Waals surface area contributed by atoms with Gasteiger partial charge in [-0.2, -0.15) is 0 Å². The van der Waals surface area contributed by atoms with E-state index in [4.69, 9.17) is 32.7 Å². The summed E-state index contributed by atoms with van der Waals surface area (Å²) in [4.78, 5) is 12.1. The van der Waals surface area contributed by atoms with Gasteiger partial charge in [0.05, 0.1) is 30.7 Å². The number of methoxy groups -OCH3 is 2. The highest BCUT2D eigenvalue weighted by atomic mass is 35.5. The summed E-state index contributed by atoms with van der Waals surface area (Å²) in [5, 5.41) is 3.89. The highest BCUT2D eigenvalue weighted by Crippen LogP contribution is 2.35. The van der Waals surface area contributed by atoms with Gasteiger partial charge in [-0.1, -0.05) is 35.3 Å². The average molecular weight is 386 g/mol. The minimum atomic E-state index is -0.137. The van der Waals surface area contributed by atoms with Crippen LogP contribution in [0.1, 0.15) is 5.56 Å². The Labute approximate surface area is 155 Å². The SMILES string of the molecule is COc1cc(OC)c(NC(=O)CSCc2cccc(Cl)c2)cc1Cl. The Morgan fingerprint density at radius 1 is 1.12 bits per heavy atom. The number of carbonyl (C=O) groups excluding carboxylic acids is 1. The molecule has 2 aromatic rings. The Morgan fingerprint density at radius 2 is 1.88 bits per heavy atom. The van der Waals surface area contributed by atoms with Crippen LogP contribution < -0.4 is 14.8 Å². The van der Waals surface area contributed by atoms with E-state index in [1.807, 2.05) is 24.3 Å². The van der Waals surface area contributed by atoms with Crippen molar-refractivity contribution in [3.8, 4) is 11.5 Å². The molecule has 0 saturated heterocycles. The fraction of sp³-hybridized carbons (Fsp3) is 0.235. The standard InChI is InChI=1S/C17H17Cl2NO3S/c1-22-15-8-16(23-2)14(7-13(15)19)20-17(21)10-24-9-11-4-3-5-12(18)6-11/h3-8H,9-10H2,1-2H3,(H,20,21). The van der Waals surface area contributed by atoms with E-state index in [-0.39, 0.29) is 5.91 Å². The van der Waals surface area contributed by atoms with E-state index in [9.17, 15) is 4.79 Å². The summed E-state index contributed by atoms with van der Waals surface area (Å²) in [6, 6.07) is 10.8. The smallest absolute Gasteiger partial charge is 0.234 e.